The van der Waals surface area contributed by atoms with Crippen molar-refractivity contribution in [3.8, 4) is 0 Å². The number of alkyl halides is 1. The molecule has 2 rings (SSSR count). The number of hydrogen-bond donors (Lipinski definition) is 0. The molecule has 0 aromatic heterocycles. The van der Waals surface area contributed by atoms with Crippen molar-refractivity contribution in [1.29, 1.82) is 0 Å². The summed E-state index contributed by atoms with van der Waals surface area (Å²) in [5.41, 5.74) is 3.59. The number of carbonyl (C=O) groups is 1. The van der Waals surface area contributed by atoms with Gasteiger partial charge in [-0.3, -0.25) is 4.79 Å². The van der Waals surface area contributed by atoms with Crippen molar-refractivity contribution in [3.05, 3.63) is 34.9 Å². The second-order valence-corrected chi connectivity index (χ2v) is 6.13. The Bertz CT molecular complexity index is 430. The molecule has 92 valence electrons. The molecule has 1 aromatic carbocycles. The van der Waals surface area contributed by atoms with E-state index in [0.717, 1.165) is 25.1 Å². The van der Waals surface area contributed by atoms with Gasteiger partial charge in [-0.15, -0.1) is 0 Å². The highest BCUT2D eigenvalue weighted by Crippen LogP contribution is 2.19. The molecule has 2 nitrogen and oxygen atoms in total. The standard InChI is InChI=1S/C14H18BrNO/c1-10-3-4-11(2)12(7-10)8-14(17)16-6-5-13(15)9-16/h3-4,7,13H,5-6,8-9H2,1-2H3. The predicted molar refractivity (Wildman–Crippen MR) is 73.5 cm³/mol. The lowest BCUT2D eigenvalue weighted by molar-refractivity contribution is -0.129. The SMILES string of the molecule is Cc1ccc(C)c(CC(=O)N2CCC(Br)C2)c1. The number of likely N-dealkylation sites (tertiary alicyclic amines) is 1. The van der Waals surface area contributed by atoms with E-state index in [1.54, 1.807) is 0 Å². The van der Waals surface area contributed by atoms with Gasteiger partial charge in [0.05, 0.1) is 6.42 Å². The first-order valence-electron chi connectivity index (χ1n) is 6.04. The number of nitrogens with zero attached hydrogens (tertiary/aromatic N) is 1. The van der Waals surface area contributed by atoms with Crippen LogP contribution in [0, 0.1) is 13.8 Å². The fourth-order valence-electron chi connectivity index (χ4n) is 2.21. The van der Waals surface area contributed by atoms with Crippen LogP contribution < -0.4 is 0 Å². The quantitative estimate of drug-likeness (QED) is 0.769. The molecule has 0 bridgehead atoms. The topological polar surface area (TPSA) is 20.3 Å². The van der Waals surface area contributed by atoms with Gasteiger partial charge in [-0.05, 0) is 31.4 Å². The summed E-state index contributed by atoms with van der Waals surface area (Å²) in [4.78, 5) is 14.6. The van der Waals surface area contributed by atoms with Crippen LogP contribution in [0.25, 0.3) is 0 Å². The number of amides is 1. The number of carbonyl (C=O) groups excluding carboxylic acids is 1. The van der Waals surface area contributed by atoms with Crippen LogP contribution in [-0.4, -0.2) is 28.7 Å². The van der Waals surface area contributed by atoms with Crippen molar-refractivity contribution in [1.82, 2.24) is 4.90 Å². The van der Waals surface area contributed by atoms with Crippen LogP contribution in [0.3, 0.4) is 0 Å². The Balaban J connectivity index is 2.05. The van der Waals surface area contributed by atoms with Gasteiger partial charge in [-0.1, -0.05) is 39.7 Å². The molecular weight excluding hydrogens is 278 g/mol. The Morgan fingerprint density at radius 3 is 2.88 bits per heavy atom. The van der Waals surface area contributed by atoms with E-state index in [0.29, 0.717) is 11.2 Å². The van der Waals surface area contributed by atoms with Crippen molar-refractivity contribution in [3.63, 3.8) is 0 Å². The Labute approximate surface area is 111 Å². The third-order valence-corrected chi connectivity index (χ3v) is 4.08. The zero-order valence-electron chi connectivity index (χ0n) is 10.4. The van der Waals surface area contributed by atoms with E-state index in [1.165, 1.54) is 11.1 Å². The Morgan fingerprint density at radius 1 is 1.47 bits per heavy atom. The fourth-order valence-corrected chi connectivity index (χ4v) is 2.76. The fraction of sp³-hybridized carbons (Fsp3) is 0.500. The maximum Gasteiger partial charge on any atom is 0.227 e. The summed E-state index contributed by atoms with van der Waals surface area (Å²) in [5.74, 6) is 0.251. The van der Waals surface area contributed by atoms with Gasteiger partial charge in [-0.2, -0.15) is 0 Å². The predicted octanol–water partition coefficient (Wildman–Crippen LogP) is 2.84. The summed E-state index contributed by atoms with van der Waals surface area (Å²) in [7, 11) is 0. The van der Waals surface area contributed by atoms with Gasteiger partial charge < -0.3 is 4.90 Å². The molecular formula is C14H18BrNO. The maximum atomic E-state index is 12.1. The van der Waals surface area contributed by atoms with E-state index >= 15 is 0 Å². The lowest BCUT2D eigenvalue weighted by atomic mass is 10.0. The Morgan fingerprint density at radius 2 is 2.24 bits per heavy atom. The summed E-state index contributed by atoms with van der Waals surface area (Å²) in [6.45, 7) is 5.88. The first-order valence-corrected chi connectivity index (χ1v) is 6.96. The molecule has 1 amide bonds. The minimum absolute atomic E-state index is 0.251. The second-order valence-electron chi connectivity index (χ2n) is 4.83. The molecule has 0 N–H and O–H groups in total. The van der Waals surface area contributed by atoms with Crippen LogP contribution in [0.5, 0.6) is 0 Å². The third kappa shape index (κ3) is 3.09. The lowest BCUT2D eigenvalue weighted by Crippen LogP contribution is -2.30. The summed E-state index contributed by atoms with van der Waals surface area (Å²) in [6, 6.07) is 6.30. The van der Waals surface area contributed by atoms with Gasteiger partial charge in [0.15, 0.2) is 0 Å². The van der Waals surface area contributed by atoms with E-state index in [9.17, 15) is 4.79 Å². The van der Waals surface area contributed by atoms with Crippen molar-refractivity contribution in [2.75, 3.05) is 13.1 Å². The molecule has 0 spiro atoms. The van der Waals surface area contributed by atoms with E-state index in [2.05, 4.69) is 48.0 Å². The van der Waals surface area contributed by atoms with Gasteiger partial charge >= 0.3 is 0 Å². The number of benzene rings is 1. The summed E-state index contributed by atoms with van der Waals surface area (Å²) in [6.07, 6.45) is 1.60. The third-order valence-electron chi connectivity index (χ3n) is 3.33. The average Bonchev–Trinajstić information content (AvgIpc) is 2.70. The van der Waals surface area contributed by atoms with Gasteiger partial charge in [0.25, 0.3) is 0 Å². The molecule has 1 aromatic rings. The summed E-state index contributed by atoms with van der Waals surface area (Å²) in [5, 5.41) is 0. The molecule has 3 heteroatoms. The normalized spacial score (nSPS) is 19.7. The van der Waals surface area contributed by atoms with E-state index in [-0.39, 0.29) is 5.91 Å². The molecule has 0 radical (unpaired) electrons. The van der Waals surface area contributed by atoms with Gasteiger partial charge in [0.1, 0.15) is 0 Å². The molecule has 1 atom stereocenters. The van der Waals surface area contributed by atoms with Crippen LogP contribution in [0.15, 0.2) is 18.2 Å². The highest BCUT2D eigenvalue weighted by Gasteiger charge is 2.24. The Kier molecular flexibility index (Phi) is 3.87. The van der Waals surface area contributed by atoms with Crippen LogP contribution in [0.4, 0.5) is 0 Å². The highest BCUT2D eigenvalue weighted by atomic mass is 79.9. The Hall–Kier alpha value is -0.830. The molecule has 0 saturated carbocycles. The smallest absolute Gasteiger partial charge is 0.227 e. The van der Waals surface area contributed by atoms with Gasteiger partial charge in [0.2, 0.25) is 5.91 Å². The second kappa shape index (κ2) is 5.21. The number of aryl methyl sites for hydroxylation is 2. The summed E-state index contributed by atoms with van der Waals surface area (Å²) < 4.78 is 0. The monoisotopic (exact) mass is 295 g/mol. The number of hydrogen-bond acceptors (Lipinski definition) is 1. The van der Waals surface area contributed by atoms with Crippen molar-refractivity contribution in [2.45, 2.75) is 31.5 Å². The van der Waals surface area contributed by atoms with Crippen LogP contribution >= 0.6 is 15.9 Å². The first kappa shape index (κ1) is 12.6. The molecule has 1 saturated heterocycles. The maximum absolute atomic E-state index is 12.1. The van der Waals surface area contributed by atoms with E-state index in [1.807, 2.05) is 4.90 Å². The average molecular weight is 296 g/mol. The minimum Gasteiger partial charge on any atom is -0.341 e. The van der Waals surface area contributed by atoms with E-state index < -0.39 is 0 Å². The van der Waals surface area contributed by atoms with Crippen molar-refractivity contribution < 1.29 is 4.79 Å². The van der Waals surface area contributed by atoms with Crippen molar-refractivity contribution in [2.24, 2.45) is 0 Å². The lowest BCUT2D eigenvalue weighted by Gasteiger charge is -2.16. The molecule has 1 aliphatic heterocycles. The summed E-state index contributed by atoms with van der Waals surface area (Å²) >= 11 is 3.56. The highest BCUT2D eigenvalue weighted by molar-refractivity contribution is 9.09. The van der Waals surface area contributed by atoms with Gasteiger partial charge in [0, 0.05) is 17.9 Å². The molecule has 1 fully saturated rings. The molecule has 1 unspecified atom stereocenters. The van der Waals surface area contributed by atoms with E-state index in [4.69, 9.17) is 0 Å². The molecule has 0 aliphatic carbocycles. The zero-order valence-corrected chi connectivity index (χ0v) is 12.0. The van der Waals surface area contributed by atoms with Crippen LogP contribution in [0.1, 0.15) is 23.1 Å². The first-order chi connectivity index (χ1) is 8.06. The largest absolute Gasteiger partial charge is 0.341 e. The van der Waals surface area contributed by atoms with Crippen LogP contribution in [0.2, 0.25) is 0 Å². The zero-order chi connectivity index (χ0) is 12.4. The number of rotatable bonds is 2. The van der Waals surface area contributed by atoms with Crippen LogP contribution in [-0.2, 0) is 11.2 Å². The van der Waals surface area contributed by atoms with Gasteiger partial charge in [-0.25, -0.2) is 0 Å². The minimum atomic E-state index is 0.251. The molecule has 1 heterocycles. The number of halogens is 1. The molecule has 1 aliphatic rings. The molecule has 17 heavy (non-hydrogen) atoms. The van der Waals surface area contributed by atoms with Crippen molar-refractivity contribution >= 4 is 21.8 Å².